The van der Waals surface area contributed by atoms with Crippen LogP contribution in [0.25, 0.3) is 0 Å². The van der Waals surface area contributed by atoms with Crippen LogP contribution in [0.4, 0.5) is 19.0 Å². The van der Waals surface area contributed by atoms with Gasteiger partial charge in [0.2, 0.25) is 0 Å². The van der Waals surface area contributed by atoms with Crippen LogP contribution in [0.3, 0.4) is 0 Å². The van der Waals surface area contributed by atoms with E-state index in [1.54, 1.807) is 0 Å². The van der Waals surface area contributed by atoms with E-state index in [2.05, 4.69) is 24.1 Å². The van der Waals surface area contributed by atoms with Crippen LogP contribution >= 0.6 is 11.6 Å². The monoisotopic (exact) mass is 294 g/mol. The fraction of sp³-hybridized carbons (Fsp3) is 0.615. The Balaban J connectivity index is 2.55. The van der Waals surface area contributed by atoms with Crippen molar-refractivity contribution in [2.45, 2.75) is 38.2 Å². The molecule has 0 aliphatic rings. The van der Waals surface area contributed by atoms with Crippen molar-refractivity contribution in [3.63, 3.8) is 0 Å². The Hall–Kier alpha value is -0.970. The number of pyridine rings is 1. The number of anilines is 1. The third kappa shape index (κ3) is 4.90. The fourth-order valence-corrected chi connectivity index (χ4v) is 2.27. The summed E-state index contributed by atoms with van der Waals surface area (Å²) in [5.74, 6) is 0.799. The van der Waals surface area contributed by atoms with Gasteiger partial charge in [0.15, 0.2) is 0 Å². The molecule has 2 nitrogen and oxygen atoms in total. The van der Waals surface area contributed by atoms with E-state index >= 15 is 0 Å². The van der Waals surface area contributed by atoms with E-state index in [-0.39, 0.29) is 5.38 Å². The van der Waals surface area contributed by atoms with Crippen molar-refractivity contribution in [2.75, 3.05) is 11.9 Å². The van der Waals surface area contributed by atoms with E-state index in [4.69, 9.17) is 11.6 Å². The average Bonchev–Trinajstić information content (AvgIpc) is 2.37. The number of aromatic nitrogens is 1. The zero-order valence-corrected chi connectivity index (χ0v) is 11.7. The third-order valence-corrected chi connectivity index (χ3v) is 3.64. The summed E-state index contributed by atoms with van der Waals surface area (Å²) in [5, 5.41) is 2.91. The maximum absolute atomic E-state index is 12.3. The lowest BCUT2D eigenvalue weighted by Gasteiger charge is -2.19. The highest BCUT2D eigenvalue weighted by Gasteiger charge is 2.30. The van der Waals surface area contributed by atoms with Gasteiger partial charge in [0, 0.05) is 12.7 Å². The molecule has 0 radical (unpaired) electrons. The zero-order valence-electron chi connectivity index (χ0n) is 11.0. The number of alkyl halides is 4. The Labute approximate surface area is 116 Å². The highest BCUT2D eigenvalue weighted by Crippen LogP contribution is 2.29. The first kappa shape index (κ1) is 16.1. The first-order valence-electron chi connectivity index (χ1n) is 6.29. The van der Waals surface area contributed by atoms with Crippen molar-refractivity contribution in [1.82, 2.24) is 4.98 Å². The molecule has 0 bridgehead atoms. The fourth-order valence-electron chi connectivity index (χ4n) is 1.84. The Bertz CT molecular complexity index is 374. The Morgan fingerprint density at radius 2 is 1.89 bits per heavy atom. The first-order valence-corrected chi connectivity index (χ1v) is 6.73. The van der Waals surface area contributed by atoms with E-state index in [9.17, 15) is 13.2 Å². The molecule has 0 amide bonds. The standard InChI is InChI=1S/C13H18ClF3N2/c1-3-9(4-2)11(14)8-19-12-6-5-10(7-18-12)13(15,16)17/h5-7,9,11H,3-4,8H2,1-2H3,(H,18,19). The van der Waals surface area contributed by atoms with Crippen molar-refractivity contribution >= 4 is 17.4 Å². The number of rotatable bonds is 6. The van der Waals surface area contributed by atoms with E-state index < -0.39 is 11.7 Å². The molecular weight excluding hydrogens is 277 g/mol. The van der Waals surface area contributed by atoms with E-state index in [1.807, 2.05) is 0 Å². The van der Waals surface area contributed by atoms with E-state index in [1.165, 1.54) is 6.07 Å². The highest BCUT2D eigenvalue weighted by atomic mass is 35.5. The van der Waals surface area contributed by atoms with Gasteiger partial charge in [0.05, 0.1) is 10.9 Å². The highest BCUT2D eigenvalue weighted by molar-refractivity contribution is 6.21. The summed E-state index contributed by atoms with van der Waals surface area (Å²) < 4.78 is 37.0. The van der Waals surface area contributed by atoms with Gasteiger partial charge in [-0.25, -0.2) is 4.98 Å². The quantitative estimate of drug-likeness (QED) is 0.778. The summed E-state index contributed by atoms with van der Waals surface area (Å²) in [4.78, 5) is 3.74. The van der Waals surface area contributed by atoms with Crippen LogP contribution in [0, 0.1) is 5.92 Å². The average molecular weight is 295 g/mol. The van der Waals surface area contributed by atoms with Crippen molar-refractivity contribution in [3.8, 4) is 0 Å². The molecular formula is C13H18ClF3N2. The van der Waals surface area contributed by atoms with Crippen LogP contribution in [0.1, 0.15) is 32.3 Å². The molecule has 0 aliphatic carbocycles. The number of nitrogens with zero attached hydrogens (tertiary/aromatic N) is 1. The van der Waals surface area contributed by atoms with Crippen LogP contribution in [0.2, 0.25) is 0 Å². The second-order valence-corrected chi connectivity index (χ2v) is 4.96. The topological polar surface area (TPSA) is 24.9 Å². The molecule has 19 heavy (non-hydrogen) atoms. The van der Waals surface area contributed by atoms with Crippen LogP contribution in [0.5, 0.6) is 0 Å². The molecule has 1 heterocycles. The SMILES string of the molecule is CCC(CC)C(Cl)CNc1ccc(C(F)(F)F)cn1. The largest absolute Gasteiger partial charge is 0.417 e. The van der Waals surface area contributed by atoms with Gasteiger partial charge in [0.1, 0.15) is 5.82 Å². The number of hydrogen-bond donors (Lipinski definition) is 1. The number of halogens is 4. The Morgan fingerprint density at radius 1 is 1.26 bits per heavy atom. The lowest BCUT2D eigenvalue weighted by molar-refractivity contribution is -0.137. The zero-order chi connectivity index (χ0) is 14.5. The number of hydrogen-bond acceptors (Lipinski definition) is 2. The maximum Gasteiger partial charge on any atom is 0.417 e. The Kier molecular flexibility index (Phi) is 5.91. The number of nitrogens with one attached hydrogen (secondary N) is 1. The van der Waals surface area contributed by atoms with Gasteiger partial charge in [-0.1, -0.05) is 26.7 Å². The first-order chi connectivity index (χ1) is 8.88. The normalized spacial score (nSPS) is 13.6. The maximum atomic E-state index is 12.3. The molecule has 0 saturated heterocycles. The smallest absolute Gasteiger partial charge is 0.369 e. The molecule has 0 spiro atoms. The van der Waals surface area contributed by atoms with E-state index in [0.717, 1.165) is 25.1 Å². The lowest BCUT2D eigenvalue weighted by Crippen LogP contribution is -2.23. The molecule has 1 aromatic heterocycles. The van der Waals surface area contributed by atoms with Gasteiger partial charge in [-0.05, 0) is 18.1 Å². The van der Waals surface area contributed by atoms with Gasteiger partial charge in [-0.3, -0.25) is 0 Å². The summed E-state index contributed by atoms with van der Waals surface area (Å²) in [6.45, 7) is 4.63. The second-order valence-electron chi connectivity index (χ2n) is 4.40. The third-order valence-electron chi connectivity index (χ3n) is 3.13. The minimum atomic E-state index is -4.35. The van der Waals surface area contributed by atoms with Gasteiger partial charge in [-0.15, -0.1) is 11.6 Å². The molecule has 0 aliphatic heterocycles. The Morgan fingerprint density at radius 3 is 2.32 bits per heavy atom. The minimum Gasteiger partial charge on any atom is -0.369 e. The second kappa shape index (κ2) is 6.98. The summed E-state index contributed by atoms with van der Waals surface area (Å²) in [6, 6.07) is 2.33. The predicted molar refractivity (Wildman–Crippen MR) is 71.4 cm³/mol. The summed E-state index contributed by atoms with van der Waals surface area (Å²) in [7, 11) is 0. The van der Waals surface area contributed by atoms with Crippen LogP contribution in [0.15, 0.2) is 18.3 Å². The molecule has 0 fully saturated rings. The van der Waals surface area contributed by atoms with Crippen LogP contribution in [-0.2, 0) is 6.18 Å². The molecule has 0 aromatic carbocycles. The van der Waals surface area contributed by atoms with E-state index in [0.29, 0.717) is 18.3 Å². The van der Waals surface area contributed by atoms with Gasteiger partial charge in [0.25, 0.3) is 0 Å². The minimum absolute atomic E-state index is 0.0564. The van der Waals surface area contributed by atoms with Gasteiger partial charge < -0.3 is 5.32 Å². The molecule has 1 rings (SSSR count). The molecule has 1 N–H and O–H groups in total. The molecule has 0 saturated carbocycles. The molecule has 1 aromatic rings. The predicted octanol–water partition coefficient (Wildman–Crippen LogP) is 4.56. The summed E-state index contributed by atoms with van der Waals surface area (Å²) >= 11 is 6.23. The van der Waals surface area contributed by atoms with Crippen LogP contribution in [-0.4, -0.2) is 16.9 Å². The molecule has 6 heteroatoms. The lowest BCUT2D eigenvalue weighted by atomic mass is 9.99. The van der Waals surface area contributed by atoms with Crippen molar-refractivity contribution in [1.29, 1.82) is 0 Å². The van der Waals surface area contributed by atoms with Crippen molar-refractivity contribution < 1.29 is 13.2 Å². The van der Waals surface area contributed by atoms with Gasteiger partial charge >= 0.3 is 6.18 Å². The van der Waals surface area contributed by atoms with Crippen LogP contribution < -0.4 is 5.32 Å². The van der Waals surface area contributed by atoms with Crippen molar-refractivity contribution in [2.24, 2.45) is 5.92 Å². The molecule has 1 atom stereocenters. The molecule has 1 unspecified atom stereocenters. The summed E-state index contributed by atoms with van der Waals surface area (Å²) in [5.41, 5.74) is -0.750. The summed E-state index contributed by atoms with van der Waals surface area (Å²) in [6.07, 6.45) is -1.57. The van der Waals surface area contributed by atoms with Gasteiger partial charge in [-0.2, -0.15) is 13.2 Å². The van der Waals surface area contributed by atoms with Crippen molar-refractivity contribution in [3.05, 3.63) is 23.9 Å². The molecule has 108 valence electrons.